The van der Waals surface area contributed by atoms with Gasteiger partial charge in [0.15, 0.2) is 0 Å². The number of carbonyl (C=O) groups excluding carboxylic acids is 3. The molecular weight excluding hydrogens is 461 g/mol. The number of imide groups is 1. The summed E-state index contributed by atoms with van der Waals surface area (Å²) in [4.78, 5) is 42.4. The summed E-state index contributed by atoms with van der Waals surface area (Å²) in [7, 11) is 1.86. The Morgan fingerprint density at radius 1 is 1.08 bits per heavy atom. The van der Waals surface area contributed by atoms with Crippen LogP contribution in [0, 0.1) is 5.82 Å². The average Bonchev–Trinajstić information content (AvgIpc) is 3.46. The Morgan fingerprint density at radius 2 is 1.94 bits per heavy atom. The summed E-state index contributed by atoms with van der Waals surface area (Å²) in [5.74, 6) is -0.966. The van der Waals surface area contributed by atoms with E-state index in [0.29, 0.717) is 38.8 Å². The van der Waals surface area contributed by atoms with Gasteiger partial charge in [0.25, 0.3) is 5.91 Å². The fourth-order valence-electron chi connectivity index (χ4n) is 5.72. The van der Waals surface area contributed by atoms with Crippen LogP contribution in [0.25, 0.3) is 11.1 Å². The fourth-order valence-corrected chi connectivity index (χ4v) is 5.72. The number of benzene rings is 2. The summed E-state index contributed by atoms with van der Waals surface area (Å²) in [5.41, 5.74) is 4.44. The first kappa shape index (κ1) is 22.5. The van der Waals surface area contributed by atoms with Crippen molar-refractivity contribution in [3.05, 3.63) is 76.9 Å². The standard InChI is InChI=1S/C27H26FN5O3/c1-31-14-21(13-29-31)18-5-7-23-19(11-18)8-9-27(23)25(35)33(26(36)30-27)16-24(34)32-10-2-3-17-12-22(28)6-4-20(17)15-32/h4-7,11-14H,2-3,8-10,15-16H2,1H3,(H,30,36). The third-order valence-electron chi connectivity index (χ3n) is 7.60. The highest BCUT2D eigenvalue weighted by molar-refractivity contribution is 6.10. The lowest BCUT2D eigenvalue weighted by atomic mass is 9.90. The monoisotopic (exact) mass is 487 g/mol. The molecule has 0 saturated carbocycles. The minimum absolute atomic E-state index is 0.289. The van der Waals surface area contributed by atoms with Crippen LogP contribution in [0.15, 0.2) is 48.8 Å². The second-order valence-electron chi connectivity index (χ2n) is 9.83. The molecule has 3 heterocycles. The van der Waals surface area contributed by atoms with E-state index in [0.717, 1.165) is 38.3 Å². The van der Waals surface area contributed by atoms with E-state index in [-0.39, 0.29) is 24.2 Å². The zero-order chi connectivity index (χ0) is 25.0. The van der Waals surface area contributed by atoms with E-state index in [2.05, 4.69) is 10.4 Å². The van der Waals surface area contributed by atoms with Crippen molar-refractivity contribution < 1.29 is 18.8 Å². The van der Waals surface area contributed by atoms with Crippen LogP contribution in [0.3, 0.4) is 0 Å². The topological polar surface area (TPSA) is 87.5 Å². The van der Waals surface area contributed by atoms with Crippen molar-refractivity contribution in [3.8, 4) is 11.1 Å². The van der Waals surface area contributed by atoms with Gasteiger partial charge < -0.3 is 10.2 Å². The molecule has 8 nitrogen and oxygen atoms in total. The summed E-state index contributed by atoms with van der Waals surface area (Å²) < 4.78 is 15.4. The van der Waals surface area contributed by atoms with Crippen molar-refractivity contribution in [2.45, 2.75) is 37.8 Å². The SMILES string of the molecule is Cn1cc(-c2ccc3c(c2)CCC32NC(=O)N(CC(=O)N3CCCc4cc(F)ccc4C3)C2=O)cn1. The molecule has 184 valence electrons. The lowest BCUT2D eigenvalue weighted by Crippen LogP contribution is -2.44. The first-order valence-electron chi connectivity index (χ1n) is 12.2. The molecular formula is C27H26FN5O3. The van der Waals surface area contributed by atoms with Gasteiger partial charge in [0, 0.05) is 31.9 Å². The quantitative estimate of drug-likeness (QED) is 0.576. The maximum Gasteiger partial charge on any atom is 0.325 e. The van der Waals surface area contributed by atoms with Gasteiger partial charge in [0.2, 0.25) is 5.91 Å². The third kappa shape index (κ3) is 3.57. The Hall–Kier alpha value is -4.01. The zero-order valence-corrected chi connectivity index (χ0v) is 20.0. The van der Waals surface area contributed by atoms with Gasteiger partial charge in [-0.2, -0.15) is 5.10 Å². The second kappa shape index (κ2) is 8.29. The number of nitrogens with one attached hydrogen (secondary N) is 1. The molecule has 36 heavy (non-hydrogen) atoms. The molecule has 1 N–H and O–H groups in total. The Balaban J connectivity index is 1.21. The lowest BCUT2D eigenvalue weighted by Gasteiger charge is -2.25. The highest BCUT2D eigenvalue weighted by Gasteiger charge is 2.55. The van der Waals surface area contributed by atoms with Crippen molar-refractivity contribution in [1.29, 1.82) is 0 Å². The number of carbonyl (C=O) groups is 3. The number of aryl methyl sites for hydroxylation is 3. The molecule has 9 heteroatoms. The maximum absolute atomic E-state index is 13.6. The largest absolute Gasteiger partial charge is 0.337 e. The molecule has 1 spiro atoms. The van der Waals surface area contributed by atoms with Crippen molar-refractivity contribution in [3.63, 3.8) is 0 Å². The molecule has 3 aliphatic rings. The van der Waals surface area contributed by atoms with Crippen LogP contribution in [0.5, 0.6) is 0 Å². The predicted molar refractivity (Wildman–Crippen MR) is 129 cm³/mol. The highest BCUT2D eigenvalue weighted by atomic mass is 19.1. The summed E-state index contributed by atoms with van der Waals surface area (Å²) in [5, 5.41) is 7.12. The fraction of sp³-hybridized carbons (Fsp3) is 0.333. The maximum atomic E-state index is 13.6. The number of urea groups is 1. The second-order valence-corrected chi connectivity index (χ2v) is 9.83. The normalized spacial score (nSPS) is 20.9. The third-order valence-corrected chi connectivity index (χ3v) is 7.60. The van der Waals surface area contributed by atoms with Gasteiger partial charge in [0.1, 0.15) is 17.9 Å². The van der Waals surface area contributed by atoms with Crippen LogP contribution in [-0.2, 0) is 41.6 Å². The van der Waals surface area contributed by atoms with E-state index in [1.54, 1.807) is 21.8 Å². The number of amides is 4. The van der Waals surface area contributed by atoms with Crippen LogP contribution >= 0.6 is 0 Å². The van der Waals surface area contributed by atoms with Crippen LogP contribution in [0.2, 0.25) is 0 Å². The summed E-state index contributed by atoms with van der Waals surface area (Å²) in [6, 6.07) is 9.95. The minimum atomic E-state index is -1.14. The molecule has 2 aromatic carbocycles. The molecule has 0 bridgehead atoms. The molecule has 1 saturated heterocycles. The van der Waals surface area contributed by atoms with Crippen LogP contribution in [0.1, 0.15) is 35.1 Å². The van der Waals surface area contributed by atoms with Crippen molar-refractivity contribution >= 4 is 17.8 Å². The van der Waals surface area contributed by atoms with E-state index in [1.165, 1.54) is 12.1 Å². The smallest absolute Gasteiger partial charge is 0.325 e. The average molecular weight is 488 g/mol. The molecule has 4 amide bonds. The first-order valence-corrected chi connectivity index (χ1v) is 12.2. The van der Waals surface area contributed by atoms with Crippen molar-refractivity contribution in [1.82, 2.24) is 24.9 Å². The summed E-state index contributed by atoms with van der Waals surface area (Å²) >= 11 is 0. The van der Waals surface area contributed by atoms with E-state index in [9.17, 15) is 18.8 Å². The number of nitrogens with zero attached hydrogens (tertiary/aromatic N) is 4. The number of aromatic nitrogens is 2. The summed E-state index contributed by atoms with van der Waals surface area (Å²) in [6.07, 6.45) is 6.20. The van der Waals surface area contributed by atoms with E-state index < -0.39 is 11.6 Å². The molecule has 1 fully saturated rings. The van der Waals surface area contributed by atoms with Gasteiger partial charge in [-0.3, -0.25) is 19.2 Å². The Kier molecular flexibility index (Phi) is 5.17. The van der Waals surface area contributed by atoms with Crippen LogP contribution < -0.4 is 5.32 Å². The van der Waals surface area contributed by atoms with Gasteiger partial charge in [-0.25, -0.2) is 9.18 Å². The van der Waals surface area contributed by atoms with E-state index in [1.807, 2.05) is 31.4 Å². The first-order chi connectivity index (χ1) is 17.3. The van der Waals surface area contributed by atoms with Crippen molar-refractivity contribution in [2.24, 2.45) is 7.05 Å². The lowest BCUT2D eigenvalue weighted by molar-refractivity contribution is -0.139. The molecule has 3 aromatic rings. The van der Waals surface area contributed by atoms with Gasteiger partial charge in [-0.05, 0) is 65.6 Å². The number of rotatable bonds is 3. The molecule has 1 aromatic heterocycles. The Morgan fingerprint density at radius 3 is 2.75 bits per heavy atom. The van der Waals surface area contributed by atoms with Gasteiger partial charge in [-0.1, -0.05) is 24.3 Å². The number of hydrogen-bond donors (Lipinski definition) is 1. The Labute approximate surface area is 207 Å². The summed E-state index contributed by atoms with van der Waals surface area (Å²) in [6.45, 7) is 0.513. The minimum Gasteiger partial charge on any atom is -0.337 e. The number of halogens is 1. The molecule has 1 unspecified atom stereocenters. The van der Waals surface area contributed by atoms with E-state index in [4.69, 9.17) is 0 Å². The van der Waals surface area contributed by atoms with Crippen molar-refractivity contribution in [2.75, 3.05) is 13.1 Å². The van der Waals surface area contributed by atoms with Crippen LogP contribution in [-0.4, -0.2) is 50.5 Å². The van der Waals surface area contributed by atoms with Gasteiger partial charge in [0.05, 0.1) is 6.20 Å². The number of hydrogen-bond acceptors (Lipinski definition) is 4. The number of fused-ring (bicyclic) bond motifs is 3. The molecule has 1 atom stereocenters. The Bertz CT molecular complexity index is 1420. The molecule has 2 aliphatic heterocycles. The van der Waals surface area contributed by atoms with Crippen LogP contribution in [0.4, 0.5) is 9.18 Å². The predicted octanol–water partition coefficient (Wildman–Crippen LogP) is 2.89. The molecule has 1 aliphatic carbocycles. The molecule has 0 radical (unpaired) electrons. The van der Waals surface area contributed by atoms with Gasteiger partial charge in [-0.15, -0.1) is 0 Å². The van der Waals surface area contributed by atoms with E-state index >= 15 is 0 Å². The molecule has 6 rings (SSSR count). The zero-order valence-electron chi connectivity index (χ0n) is 20.0. The highest BCUT2D eigenvalue weighted by Crippen LogP contribution is 2.42. The van der Waals surface area contributed by atoms with Gasteiger partial charge >= 0.3 is 6.03 Å².